The van der Waals surface area contributed by atoms with Gasteiger partial charge in [0.1, 0.15) is 0 Å². The van der Waals surface area contributed by atoms with Crippen LogP contribution in [0.3, 0.4) is 0 Å². The van der Waals surface area contributed by atoms with Crippen molar-refractivity contribution in [1.82, 2.24) is 10.2 Å². The molecule has 1 amide bonds. The Morgan fingerprint density at radius 1 is 1.40 bits per heavy atom. The van der Waals surface area contributed by atoms with Gasteiger partial charge in [0.15, 0.2) is 0 Å². The van der Waals surface area contributed by atoms with E-state index in [1.165, 1.54) is 9.99 Å². The minimum absolute atomic E-state index is 0. The summed E-state index contributed by atoms with van der Waals surface area (Å²) in [7, 11) is 1.99. The first-order valence-electron chi connectivity index (χ1n) is 6.62. The molecule has 0 saturated carbocycles. The SMILES string of the molecule is CNC1CCCN(CC(=O)Nc2ccc(I)cc2)C1.Cl. The number of nitrogens with zero attached hydrogens (tertiary/aromatic N) is 1. The summed E-state index contributed by atoms with van der Waals surface area (Å²) < 4.78 is 1.17. The Kier molecular flexibility index (Phi) is 7.79. The number of nitrogens with one attached hydrogen (secondary N) is 2. The summed E-state index contributed by atoms with van der Waals surface area (Å²) in [5, 5.41) is 6.23. The number of likely N-dealkylation sites (tertiary alicyclic amines) is 1. The van der Waals surface area contributed by atoms with Crippen molar-refractivity contribution in [2.75, 3.05) is 32.0 Å². The third kappa shape index (κ3) is 5.55. The van der Waals surface area contributed by atoms with Gasteiger partial charge >= 0.3 is 0 Å². The maximum atomic E-state index is 12.0. The summed E-state index contributed by atoms with van der Waals surface area (Å²) in [6, 6.07) is 8.38. The van der Waals surface area contributed by atoms with Crippen molar-refractivity contribution in [2.24, 2.45) is 0 Å². The van der Waals surface area contributed by atoms with Crippen LogP contribution < -0.4 is 10.6 Å². The van der Waals surface area contributed by atoms with Crippen molar-refractivity contribution in [2.45, 2.75) is 18.9 Å². The molecule has 1 unspecified atom stereocenters. The molecule has 1 aromatic carbocycles. The summed E-state index contributed by atoms with van der Waals surface area (Å²) in [5.41, 5.74) is 0.868. The van der Waals surface area contributed by atoms with E-state index in [1.54, 1.807) is 0 Å². The predicted molar refractivity (Wildman–Crippen MR) is 93.6 cm³/mol. The van der Waals surface area contributed by atoms with Crippen LogP contribution >= 0.6 is 35.0 Å². The number of carbonyl (C=O) groups excluding carboxylic acids is 1. The maximum absolute atomic E-state index is 12.0. The lowest BCUT2D eigenvalue weighted by atomic mass is 10.1. The number of anilines is 1. The van der Waals surface area contributed by atoms with E-state index in [1.807, 2.05) is 31.3 Å². The van der Waals surface area contributed by atoms with E-state index >= 15 is 0 Å². The van der Waals surface area contributed by atoms with Crippen LogP contribution in [-0.4, -0.2) is 43.5 Å². The van der Waals surface area contributed by atoms with E-state index in [0.29, 0.717) is 12.6 Å². The Morgan fingerprint density at radius 2 is 2.10 bits per heavy atom. The van der Waals surface area contributed by atoms with Crippen LogP contribution in [0.25, 0.3) is 0 Å². The van der Waals surface area contributed by atoms with Crippen molar-refractivity contribution >= 4 is 46.6 Å². The van der Waals surface area contributed by atoms with Crippen LogP contribution in [0.4, 0.5) is 5.69 Å². The second-order valence-electron chi connectivity index (χ2n) is 4.92. The first-order chi connectivity index (χ1) is 9.17. The minimum atomic E-state index is 0. The van der Waals surface area contributed by atoms with Crippen LogP contribution in [0.5, 0.6) is 0 Å². The van der Waals surface area contributed by atoms with E-state index in [-0.39, 0.29) is 18.3 Å². The molecule has 20 heavy (non-hydrogen) atoms. The van der Waals surface area contributed by atoms with Crippen molar-refractivity contribution in [1.29, 1.82) is 0 Å². The number of likely N-dealkylation sites (N-methyl/N-ethyl adjacent to an activating group) is 1. The third-order valence-electron chi connectivity index (χ3n) is 3.41. The average molecular weight is 410 g/mol. The number of halogens is 2. The van der Waals surface area contributed by atoms with Gasteiger partial charge < -0.3 is 10.6 Å². The van der Waals surface area contributed by atoms with E-state index in [0.717, 1.165) is 25.2 Å². The number of carbonyl (C=O) groups is 1. The van der Waals surface area contributed by atoms with Crippen LogP contribution in [0.15, 0.2) is 24.3 Å². The van der Waals surface area contributed by atoms with Gasteiger partial charge in [-0.1, -0.05) is 0 Å². The van der Waals surface area contributed by atoms with Crippen LogP contribution in [0.2, 0.25) is 0 Å². The van der Waals surface area contributed by atoms with Gasteiger partial charge in [-0.25, -0.2) is 0 Å². The second kappa shape index (κ2) is 8.81. The highest BCUT2D eigenvalue weighted by molar-refractivity contribution is 14.1. The lowest BCUT2D eigenvalue weighted by Crippen LogP contribution is -2.46. The summed E-state index contributed by atoms with van der Waals surface area (Å²) in [4.78, 5) is 14.2. The smallest absolute Gasteiger partial charge is 0.238 e. The average Bonchev–Trinajstić information content (AvgIpc) is 2.41. The number of hydrogen-bond acceptors (Lipinski definition) is 3. The van der Waals surface area contributed by atoms with Gasteiger partial charge in [-0.2, -0.15) is 0 Å². The summed E-state index contributed by atoms with van der Waals surface area (Å²) >= 11 is 2.25. The quantitative estimate of drug-likeness (QED) is 0.750. The van der Waals surface area contributed by atoms with Crippen molar-refractivity contribution in [3.63, 3.8) is 0 Å². The molecule has 0 spiro atoms. The number of piperidine rings is 1. The monoisotopic (exact) mass is 409 g/mol. The standard InChI is InChI=1S/C14H20IN3O.ClH/c1-16-13-3-2-8-18(9-13)10-14(19)17-12-6-4-11(15)5-7-12;/h4-7,13,16H,2-3,8-10H2,1H3,(H,17,19);1H. The van der Waals surface area contributed by atoms with Crippen LogP contribution in [0, 0.1) is 3.57 Å². The lowest BCUT2D eigenvalue weighted by Gasteiger charge is -2.31. The predicted octanol–water partition coefficient (Wildman–Crippen LogP) is 2.34. The zero-order valence-corrected chi connectivity index (χ0v) is 14.5. The molecule has 2 rings (SSSR count). The molecule has 1 aromatic rings. The third-order valence-corrected chi connectivity index (χ3v) is 4.13. The molecule has 0 aromatic heterocycles. The van der Waals surface area contributed by atoms with E-state index in [9.17, 15) is 4.79 Å². The number of amides is 1. The normalized spacial score (nSPS) is 19.2. The first-order valence-corrected chi connectivity index (χ1v) is 7.70. The molecule has 1 heterocycles. The van der Waals surface area contributed by atoms with Gasteiger partial charge in [0.2, 0.25) is 5.91 Å². The molecular weight excluding hydrogens is 389 g/mol. The zero-order valence-electron chi connectivity index (χ0n) is 11.6. The molecular formula is C14H21ClIN3O. The first kappa shape index (κ1) is 17.7. The van der Waals surface area contributed by atoms with Gasteiger partial charge in [-0.05, 0) is 73.3 Å². The molecule has 2 N–H and O–H groups in total. The van der Waals surface area contributed by atoms with Crippen molar-refractivity contribution in [3.8, 4) is 0 Å². The highest BCUT2D eigenvalue weighted by atomic mass is 127. The number of hydrogen-bond donors (Lipinski definition) is 2. The second-order valence-corrected chi connectivity index (χ2v) is 6.16. The summed E-state index contributed by atoms with van der Waals surface area (Å²) in [6.07, 6.45) is 2.36. The topological polar surface area (TPSA) is 44.4 Å². The highest BCUT2D eigenvalue weighted by Crippen LogP contribution is 2.12. The van der Waals surface area contributed by atoms with Gasteiger partial charge in [0.05, 0.1) is 6.54 Å². The summed E-state index contributed by atoms with van der Waals surface area (Å²) in [5.74, 6) is 0.0676. The molecule has 1 atom stereocenters. The van der Waals surface area contributed by atoms with Crippen molar-refractivity contribution in [3.05, 3.63) is 27.8 Å². The zero-order chi connectivity index (χ0) is 13.7. The van der Waals surface area contributed by atoms with Gasteiger partial charge in [-0.3, -0.25) is 9.69 Å². The Morgan fingerprint density at radius 3 is 2.75 bits per heavy atom. The lowest BCUT2D eigenvalue weighted by molar-refractivity contribution is -0.117. The fraction of sp³-hybridized carbons (Fsp3) is 0.500. The Labute approximate surface area is 140 Å². The van der Waals surface area contributed by atoms with Crippen LogP contribution in [-0.2, 0) is 4.79 Å². The number of rotatable bonds is 4. The van der Waals surface area contributed by atoms with E-state index in [4.69, 9.17) is 0 Å². The molecule has 6 heteroatoms. The largest absolute Gasteiger partial charge is 0.325 e. The van der Waals surface area contributed by atoms with E-state index < -0.39 is 0 Å². The van der Waals surface area contributed by atoms with Crippen molar-refractivity contribution < 1.29 is 4.79 Å². The Bertz CT molecular complexity index is 427. The molecule has 112 valence electrons. The molecule has 0 bridgehead atoms. The van der Waals surface area contributed by atoms with Crippen LogP contribution in [0.1, 0.15) is 12.8 Å². The molecule has 0 aliphatic carbocycles. The van der Waals surface area contributed by atoms with Gasteiger partial charge in [0, 0.05) is 21.8 Å². The molecule has 0 radical (unpaired) electrons. The fourth-order valence-corrected chi connectivity index (χ4v) is 2.73. The van der Waals surface area contributed by atoms with Gasteiger partial charge in [0.25, 0.3) is 0 Å². The highest BCUT2D eigenvalue weighted by Gasteiger charge is 2.20. The molecule has 4 nitrogen and oxygen atoms in total. The molecule has 1 saturated heterocycles. The minimum Gasteiger partial charge on any atom is -0.325 e. The van der Waals surface area contributed by atoms with Gasteiger partial charge in [-0.15, -0.1) is 12.4 Å². The Balaban J connectivity index is 0.00000200. The molecule has 1 aliphatic rings. The fourth-order valence-electron chi connectivity index (χ4n) is 2.37. The number of benzene rings is 1. The maximum Gasteiger partial charge on any atom is 0.238 e. The Hall–Kier alpha value is -0.370. The molecule has 1 fully saturated rings. The summed E-state index contributed by atoms with van der Waals surface area (Å²) in [6.45, 7) is 2.44. The molecule has 1 aliphatic heterocycles. The van der Waals surface area contributed by atoms with E-state index in [2.05, 4.69) is 38.1 Å².